The van der Waals surface area contributed by atoms with Gasteiger partial charge in [0, 0.05) is 11.6 Å². The van der Waals surface area contributed by atoms with Gasteiger partial charge in [-0.05, 0) is 37.3 Å². The maximum absolute atomic E-state index is 3.75. The lowest BCUT2D eigenvalue weighted by Gasteiger charge is -2.40. The molecule has 2 rings (SSSR count). The minimum Gasteiger partial charge on any atom is -0.304 e. The van der Waals surface area contributed by atoms with Gasteiger partial charge in [-0.2, -0.15) is 0 Å². The topological polar surface area (TPSA) is 12.0 Å². The molecule has 0 aromatic heterocycles. The van der Waals surface area contributed by atoms with Crippen LogP contribution in [0.2, 0.25) is 0 Å². The molecule has 1 aromatic rings. The van der Waals surface area contributed by atoms with E-state index < -0.39 is 0 Å². The van der Waals surface area contributed by atoms with E-state index in [1.54, 1.807) is 0 Å². The molecule has 0 spiro atoms. The normalized spacial score (nSPS) is 23.9. The molecule has 1 nitrogen and oxygen atoms in total. The Kier molecular flexibility index (Phi) is 2.59. The third-order valence-electron chi connectivity index (χ3n) is 3.48. The first-order valence-electron chi connectivity index (χ1n) is 5.87. The Morgan fingerprint density at radius 3 is 2.60 bits per heavy atom. The summed E-state index contributed by atoms with van der Waals surface area (Å²) in [4.78, 5) is 0. The van der Waals surface area contributed by atoms with Crippen molar-refractivity contribution in [1.82, 2.24) is 5.32 Å². The van der Waals surface area contributed by atoms with Crippen LogP contribution >= 0.6 is 0 Å². The third-order valence-corrected chi connectivity index (χ3v) is 3.48. The van der Waals surface area contributed by atoms with Crippen molar-refractivity contribution in [2.24, 2.45) is 5.92 Å². The van der Waals surface area contributed by atoms with Crippen LogP contribution in [0.5, 0.6) is 0 Å². The number of hydrogen-bond acceptors (Lipinski definition) is 1. The average molecular weight is 203 g/mol. The lowest BCUT2D eigenvalue weighted by Crippen LogP contribution is -2.51. The number of hydrogen-bond donors (Lipinski definition) is 1. The summed E-state index contributed by atoms with van der Waals surface area (Å²) >= 11 is 0. The molecule has 1 aliphatic heterocycles. The summed E-state index contributed by atoms with van der Waals surface area (Å²) in [5, 5.41) is 3.75. The van der Waals surface area contributed by atoms with Gasteiger partial charge < -0.3 is 5.32 Å². The Labute approximate surface area is 92.9 Å². The molecule has 0 amide bonds. The second-order valence-corrected chi connectivity index (χ2v) is 5.48. The number of fused-ring (bicyclic) bond motifs is 1. The highest BCUT2D eigenvalue weighted by atomic mass is 15.0. The van der Waals surface area contributed by atoms with E-state index in [4.69, 9.17) is 0 Å². The van der Waals surface area contributed by atoms with Gasteiger partial charge in [0.05, 0.1) is 0 Å². The molecule has 0 fully saturated rings. The smallest absolute Gasteiger partial charge is 0.0382 e. The van der Waals surface area contributed by atoms with Crippen LogP contribution in [0.3, 0.4) is 0 Å². The van der Waals surface area contributed by atoms with Crippen molar-refractivity contribution in [2.45, 2.75) is 45.7 Å². The zero-order chi connectivity index (χ0) is 11.1. The quantitative estimate of drug-likeness (QED) is 0.739. The van der Waals surface area contributed by atoms with Crippen molar-refractivity contribution in [2.75, 3.05) is 0 Å². The van der Waals surface area contributed by atoms with Crippen molar-refractivity contribution >= 4 is 0 Å². The molecule has 1 aromatic carbocycles. The Morgan fingerprint density at radius 1 is 1.27 bits per heavy atom. The van der Waals surface area contributed by atoms with E-state index in [1.165, 1.54) is 11.1 Å². The van der Waals surface area contributed by atoms with Crippen LogP contribution in [0, 0.1) is 5.92 Å². The van der Waals surface area contributed by atoms with Crippen LogP contribution in [-0.4, -0.2) is 6.04 Å². The zero-order valence-electron chi connectivity index (χ0n) is 10.2. The van der Waals surface area contributed by atoms with E-state index in [9.17, 15) is 0 Å². The fourth-order valence-electron chi connectivity index (χ4n) is 2.54. The monoisotopic (exact) mass is 203 g/mol. The molecule has 0 saturated carbocycles. The second kappa shape index (κ2) is 3.64. The molecule has 0 radical (unpaired) electrons. The van der Waals surface area contributed by atoms with E-state index in [2.05, 4.69) is 57.3 Å². The Hall–Kier alpha value is -0.820. The van der Waals surface area contributed by atoms with Crippen molar-refractivity contribution in [3.63, 3.8) is 0 Å². The van der Waals surface area contributed by atoms with E-state index in [1.807, 2.05) is 0 Å². The molecule has 0 aliphatic carbocycles. The van der Waals surface area contributed by atoms with E-state index in [0.717, 1.165) is 6.42 Å². The highest BCUT2D eigenvalue weighted by molar-refractivity contribution is 5.36. The summed E-state index contributed by atoms with van der Waals surface area (Å²) < 4.78 is 0. The Balaban J connectivity index is 2.39. The van der Waals surface area contributed by atoms with Crippen LogP contribution in [-0.2, 0) is 12.0 Å². The predicted octanol–water partition coefficient (Wildman–Crippen LogP) is 3.09. The fraction of sp³-hybridized carbons (Fsp3) is 0.571. The van der Waals surface area contributed by atoms with Crippen molar-refractivity contribution in [3.8, 4) is 0 Å². The van der Waals surface area contributed by atoms with Gasteiger partial charge in [0.1, 0.15) is 0 Å². The van der Waals surface area contributed by atoms with Gasteiger partial charge in [-0.3, -0.25) is 0 Å². The van der Waals surface area contributed by atoms with E-state index in [0.29, 0.717) is 12.0 Å². The van der Waals surface area contributed by atoms with Crippen LogP contribution < -0.4 is 5.32 Å². The van der Waals surface area contributed by atoms with Crippen LogP contribution in [0.25, 0.3) is 0 Å². The minimum absolute atomic E-state index is 0.115. The van der Waals surface area contributed by atoms with E-state index >= 15 is 0 Å². The standard InChI is InChI=1S/C14H21N/c1-10(2)13-9-11-7-5-6-8-12(11)14(3,4)15-13/h5-8,10,13,15H,9H2,1-4H3. The summed E-state index contributed by atoms with van der Waals surface area (Å²) in [6.45, 7) is 9.14. The molecule has 1 N–H and O–H groups in total. The van der Waals surface area contributed by atoms with Crippen LogP contribution in [0.15, 0.2) is 24.3 Å². The van der Waals surface area contributed by atoms with E-state index in [-0.39, 0.29) is 5.54 Å². The third kappa shape index (κ3) is 1.93. The minimum atomic E-state index is 0.115. The lowest BCUT2D eigenvalue weighted by molar-refractivity contribution is 0.265. The van der Waals surface area contributed by atoms with Crippen molar-refractivity contribution in [1.29, 1.82) is 0 Å². The molecule has 1 aliphatic rings. The molecule has 15 heavy (non-hydrogen) atoms. The highest BCUT2D eigenvalue weighted by Gasteiger charge is 2.32. The summed E-state index contributed by atoms with van der Waals surface area (Å²) in [6, 6.07) is 9.41. The second-order valence-electron chi connectivity index (χ2n) is 5.48. The SMILES string of the molecule is CC(C)C1Cc2ccccc2C(C)(C)N1. The first-order valence-corrected chi connectivity index (χ1v) is 5.87. The fourth-order valence-corrected chi connectivity index (χ4v) is 2.54. The molecule has 82 valence electrons. The van der Waals surface area contributed by atoms with Gasteiger partial charge in [-0.15, -0.1) is 0 Å². The maximum Gasteiger partial charge on any atom is 0.0382 e. The summed E-state index contributed by atoms with van der Waals surface area (Å²) in [7, 11) is 0. The molecule has 0 saturated heterocycles. The molecule has 1 heteroatoms. The number of benzene rings is 1. The molecule has 1 unspecified atom stereocenters. The van der Waals surface area contributed by atoms with Crippen LogP contribution in [0.4, 0.5) is 0 Å². The first-order chi connectivity index (χ1) is 7.00. The zero-order valence-corrected chi connectivity index (χ0v) is 10.2. The molecule has 1 heterocycles. The average Bonchev–Trinajstić information content (AvgIpc) is 2.16. The van der Waals surface area contributed by atoms with Crippen LogP contribution in [0.1, 0.15) is 38.8 Å². The highest BCUT2D eigenvalue weighted by Crippen LogP contribution is 2.31. The summed E-state index contributed by atoms with van der Waals surface area (Å²) in [5.74, 6) is 0.692. The van der Waals surface area contributed by atoms with Gasteiger partial charge in [0.15, 0.2) is 0 Å². The largest absolute Gasteiger partial charge is 0.304 e. The number of nitrogens with one attached hydrogen (secondary N) is 1. The molecule has 1 atom stereocenters. The van der Waals surface area contributed by atoms with Gasteiger partial charge in [0.25, 0.3) is 0 Å². The maximum atomic E-state index is 3.75. The first kappa shape index (κ1) is 10.7. The lowest BCUT2D eigenvalue weighted by atomic mass is 9.80. The predicted molar refractivity (Wildman–Crippen MR) is 64.9 cm³/mol. The van der Waals surface area contributed by atoms with Crippen molar-refractivity contribution < 1.29 is 0 Å². The van der Waals surface area contributed by atoms with Gasteiger partial charge >= 0.3 is 0 Å². The summed E-state index contributed by atoms with van der Waals surface area (Å²) in [5.41, 5.74) is 3.09. The summed E-state index contributed by atoms with van der Waals surface area (Å²) in [6.07, 6.45) is 1.16. The molecular formula is C14H21N. The Morgan fingerprint density at radius 2 is 1.93 bits per heavy atom. The van der Waals surface area contributed by atoms with Gasteiger partial charge in [-0.25, -0.2) is 0 Å². The Bertz CT molecular complexity index is 352. The van der Waals surface area contributed by atoms with Gasteiger partial charge in [0.2, 0.25) is 0 Å². The number of rotatable bonds is 1. The molecule has 0 bridgehead atoms. The van der Waals surface area contributed by atoms with Gasteiger partial charge in [-0.1, -0.05) is 38.1 Å². The molecular weight excluding hydrogens is 182 g/mol. The van der Waals surface area contributed by atoms with Crippen molar-refractivity contribution in [3.05, 3.63) is 35.4 Å².